The molecule has 0 aromatic heterocycles. The van der Waals surface area contributed by atoms with E-state index in [2.05, 4.69) is 0 Å². The van der Waals surface area contributed by atoms with Crippen LogP contribution in [0.25, 0.3) is 0 Å². The molecule has 3 fully saturated rings. The molecule has 2 unspecified atom stereocenters. The van der Waals surface area contributed by atoms with Crippen molar-refractivity contribution in [2.75, 3.05) is 24.5 Å². The minimum atomic E-state index is 0.132. The summed E-state index contributed by atoms with van der Waals surface area (Å²) in [7, 11) is 0. The second kappa shape index (κ2) is 6.58. The van der Waals surface area contributed by atoms with Crippen LogP contribution in [0.2, 0.25) is 0 Å². The smallest absolute Gasteiger partial charge is 0.253 e. The zero-order chi connectivity index (χ0) is 16.5. The SMILES string of the molecule is O=C(c1cccc(N2CCCC2=O)c1)N1CCC2CCCCC2C1. The maximum absolute atomic E-state index is 12.9. The number of hydrogen-bond donors (Lipinski definition) is 0. The van der Waals surface area contributed by atoms with E-state index in [1.54, 1.807) is 0 Å². The number of anilines is 1. The molecule has 0 N–H and O–H groups in total. The number of carbonyl (C=O) groups excluding carboxylic acids is 2. The van der Waals surface area contributed by atoms with Crippen LogP contribution in [0.5, 0.6) is 0 Å². The number of likely N-dealkylation sites (tertiary alicyclic amines) is 1. The van der Waals surface area contributed by atoms with Gasteiger partial charge in [-0.1, -0.05) is 25.3 Å². The van der Waals surface area contributed by atoms with Crippen molar-refractivity contribution in [3.63, 3.8) is 0 Å². The summed E-state index contributed by atoms with van der Waals surface area (Å²) in [6.07, 6.45) is 7.98. The Morgan fingerprint density at radius 3 is 2.62 bits per heavy atom. The lowest BCUT2D eigenvalue weighted by Crippen LogP contribution is -2.44. The number of benzene rings is 1. The number of hydrogen-bond acceptors (Lipinski definition) is 2. The first-order valence-electron chi connectivity index (χ1n) is 9.42. The van der Waals surface area contributed by atoms with Crippen LogP contribution in [0.15, 0.2) is 24.3 Å². The van der Waals surface area contributed by atoms with Crippen LogP contribution in [-0.2, 0) is 4.79 Å². The first kappa shape index (κ1) is 15.7. The van der Waals surface area contributed by atoms with Gasteiger partial charge in [0.05, 0.1) is 0 Å². The topological polar surface area (TPSA) is 40.6 Å². The molecule has 1 saturated carbocycles. The summed E-state index contributed by atoms with van der Waals surface area (Å²) in [5.41, 5.74) is 1.59. The Morgan fingerprint density at radius 2 is 1.83 bits per heavy atom. The Kier molecular flexibility index (Phi) is 4.30. The standard InChI is InChI=1S/C20H26N2O2/c23-19-9-4-11-22(19)18-8-3-7-16(13-18)20(24)21-12-10-15-5-1-2-6-17(15)14-21/h3,7-8,13,15,17H,1-2,4-6,9-12,14H2. The Labute approximate surface area is 143 Å². The van der Waals surface area contributed by atoms with Gasteiger partial charge in [0.2, 0.25) is 5.91 Å². The molecule has 0 radical (unpaired) electrons. The van der Waals surface area contributed by atoms with Crippen molar-refractivity contribution in [1.29, 1.82) is 0 Å². The van der Waals surface area contributed by atoms with Crippen molar-refractivity contribution in [2.45, 2.75) is 44.9 Å². The number of rotatable bonds is 2. The first-order chi connectivity index (χ1) is 11.7. The summed E-state index contributed by atoms with van der Waals surface area (Å²) < 4.78 is 0. The largest absolute Gasteiger partial charge is 0.338 e. The monoisotopic (exact) mass is 326 g/mol. The Bertz CT molecular complexity index is 642. The summed E-state index contributed by atoms with van der Waals surface area (Å²) in [5.74, 6) is 1.83. The predicted molar refractivity (Wildman–Crippen MR) is 94.0 cm³/mol. The molecule has 24 heavy (non-hydrogen) atoms. The molecule has 3 aliphatic rings. The van der Waals surface area contributed by atoms with Gasteiger partial charge in [-0.15, -0.1) is 0 Å². The number of amides is 2. The molecule has 1 aromatic rings. The Hall–Kier alpha value is -1.84. The van der Waals surface area contributed by atoms with Gasteiger partial charge in [-0.3, -0.25) is 9.59 Å². The molecule has 2 saturated heterocycles. The van der Waals surface area contributed by atoms with Gasteiger partial charge in [0.15, 0.2) is 0 Å². The van der Waals surface area contributed by atoms with Gasteiger partial charge in [0, 0.05) is 37.3 Å². The molecule has 4 rings (SSSR count). The second-order valence-corrected chi connectivity index (χ2v) is 7.54. The molecule has 1 aromatic carbocycles. The van der Waals surface area contributed by atoms with Crippen LogP contribution in [0, 0.1) is 11.8 Å². The zero-order valence-corrected chi connectivity index (χ0v) is 14.2. The van der Waals surface area contributed by atoms with Gasteiger partial charge in [0.1, 0.15) is 0 Å². The van der Waals surface area contributed by atoms with Gasteiger partial charge < -0.3 is 9.80 Å². The summed E-state index contributed by atoms with van der Waals surface area (Å²) in [5, 5.41) is 0. The van der Waals surface area contributed by atoms with E-state index in [-0.39, 0.29) is 11.8 Å². The molecule has 4 nitrogen and oxygen atoms in total. The lowest BCUT2D eigenvalue weighted by atomic mass is 9.75. The lowest BCUT2D eigenvalue weighted by Gasteiger charge is -2.41. The van der Waals surface area contributed by atoms with Crippen molar-refractivity contribution in [3.05, 3.63) is 29.8 Å². The molecule has 2 heterocycles. The summed E-state index contributed by atoms with van der Waals surface area (Å²) in [6, 6.07) is 7.63. The molecular weight excluding hydrogens is 300 g/mol. The van der Waals surface area contributed by atoms with E-state index in [0.29, 0.717) is 12.3 Å². The highest BCUT2D eigenvalue weighted by Gasteiger charge is 2.33. The Morgan fingerprint density at radius 1 is 1.00 bits per heavy atom. The average molecular weight is 326 g/mol. The molecule has 0 bridgehead atoms. The van der Waals surface area contributed by atoms with Crippen LogP contribution < -0.4 is 4.90 Å². The predicted octanol–water partition coefficient (Wildman–Crippen LogP) is 3.47. The zero-order valence-electron chi connectivity index (χ0n) is 14.2. The van der Waals surface area contributed by atoms with E-state index in [4.69, 9.17) is 0 Å². The lowest BCUT2D eigenvalue weighted by molar-refractivity contribution is -0.117. The van der Waals surface area contributed by atoms with E-state index in [9.17, 15) is 9.59 Å². The van der Waals surface area contributed by atoms with Crippen LogP contribution in [-0.4, -0.2) is 36.3 Å². The molecule has 2 aliphatic heterocycles. The molecule has 4 heteroatoms. The third kappa shape index (κ3) is 2.94. The number of carbonyl (C=O) groups is 2. The van der Waals surface area contributed by atoms with Gasteiger partial charge in [-0.05, 0) is 49.3 Å². The molecule has 0 spiro atoms. The minimum Gasteiger partial charge on any atom is -0.338 e. The van der Waals surface area contributed by atoms with E-state index in [1.807, 2.05) is 34.1 Å². The fraction of sp³-hybridized carbons (Fsp3) is 0.600. The quantitative estimate of drug-likeness (QED) is 0.835. The van der Waals surface area contributed by atoms with E-state index < -0.39 is 0 Å². The summed E-state index contributed by atoms with van der Waals surface area (Å²) in [4.78, 5) is 28.7. The highest BCUT2D eigenvalue weighted by Crippen LogP contribution is 2.36. The fourth-order valence-electron chi connectivity index (χ4n) is 4.70. The van der Waals surface area contributed by atoms with Gasteiger partial charge in [0.25, 0.3) is 5.91 Å². The van der Waals surface area contributed by atoms with E-state index in [0.717, 1.165) is 49.6 Å². The van der Waals surface area contributed by atoms with Crippen molar-refractivity contribution >= 4 is 17.5 Å². The van der Waals surface area contributed by atoms with E-state index >= 15 is 0 Å². The van der Waals surface area contributed by atoms with Crippen LogP contribution >= 0.6 is 0 Å². The van der Waals surface area contributed by atoms with Crippen LogP contribution in [0.1, 0.15) is 55.3 Å². The highest BCUT2D eigenvalue weighted by atomic mass is 16.2. The molecule has 2 atom stereocenters. The third-order valence-electron chi connectivity index (χ3n) is 6.06. The second-order valence-electron chi connectivity index (χ2n) is 7.54. The maximum Gasteiger partial charge on any atom is 0.253 e. The minimum absolute atomic E-state index is 0.132. The maximum atomic E-state index is 12.9. The molecule has 128 valence electrons. The van der Waals surface area contributed by atoms with Crippen molar-refractivity contribution < 1.29 is 9.59 Å². The fourth-order valence-corrected chi connectivity index (χ4v) is 4.70. The Balaban J connectivity index is 1.49. The molecular formula is C20H26N2O2. The van der Waals surface area contributed by atoms with Gasteiger partial charge in [-0.2, -0.15) is 0 Å². The van der Waals surface area contributed by atoms with Crippen molar-refractivity contribution in [3.8, 4) is 0 Å². The number of fused-ring (bicyclic) bond motifs is 1. The van der Waals surface area contributed by atoms with Gasteiger partial charge >= 0.3 is 0 Å². The summed E-state index contributed by atoms with van der Waals surface area (Å²) >= 11 is 0. The first-order valence-corrected chi connectivity index (χ1v) is 9.42. The summed E-state index contributed by atoms with van der Waals surface area (Å²) in [6.45, 7) is 2.56. The van der Waals surface area contributed by atoms with Crippen molar-refractivity contribution in [2.24, 2.45) is 11.8 Å². The highest BCUT2D eigenvalue weighted by molar-refractivity contribution is 5.99. The van der Waals surface area contributed by atoms with Gasteiger partial charge in [-0.25, -0.2) is 0 Å². The van der Waals surface area contributed by atoms with E-state index in [1.165, 1.54) is 25.7 Å². The van der Waals surface area contributed by atoms with Crippen LogP contribution in [0.4, 0.5) is 5.69 Å². The van der Waals surface area contributed by atoms with Crippen molar-refractivity contribution in [1.82, 2.24) is 4.90 Å². The molecule has 1 aliphatic carbocycles. The normalized spacial score (nSPS) is 27.2. The third-order valence-corrected chi connectivity index (χ3v) is 6.06. The average Bonchev–Trinajstić information content (AvgIpc) is 3.07. The van der Waals surface area contributed by atoms with Crippen LogP contribution in [0.3, 0.4) is 0 Å². The molecule has 2 amide bonds. The number of nitrogens with zero attached hydrogens (tertiary/aromatic N) is 2. The number of piperidine rings is 1.